The number of aromatic nitrogens is 2. The second-order valence-corrected chi connectivity index (χ2v) is 9.01. The molecule has 0 bridgehead atoms. The van der Waals surface area contributed by atoms with E-state index in [1.807, 2.05) is 27.0 Å². The van der Waals surface area contributed by atoms with Gasteiger partial charge in [-0.05, 0) is 61.6 Å². The lowest BCUT2D eigenvalue weighted by Gasteiger charge is -2.28. The molecule has 0 saturated carbocycles. The van der Waals surface area contributed by atoms with Crippen molar-refractivity contribution in [2.45, 2.75) is 58.2 Å². The van der Waals surface area contributed by atoms with Crippen molar-refractivity contribution in [1.82, 2.24) is 14.9 Å². The van der Waals surface area contributed by atoms with Gasteiger partial charge in [0.2, 0.25) is 0 Å². The zero-order chi connectivity index (χ0) is 22.3. The fraction of sp³-hybridized carbons (Fsp3) is 0.400. The van der Waals surface area contributed by atoms with Gasteiger partial charge in [0.05, 0.1) is 34.9 Å². The Morgan fingerprint density at radius 1 is 1.25 bits per heavy atom. The average Bonchev–Trinajstić information content (AvgIpc) is 3.16. The highest BCUT2D eigenvalue weighted by molar-refractivity contribution is 5.93. The zero-order valence-corrected chi connectivity index (χ0v) is 18.3. The van der Waals surface area contributed by atoms with Gasteiger partial charge in [0, 0.05) is 23.1 Å². The van der Waals surface area contributed by atoms with E-state index in [2.05, 4.69) is 5.32 Å². The minimum atomic E-state index is -0.447. The van der Waals surface area contributed by atoms with E-state index in [1.165, 1.54) is 6.07 Å². The highest BCUT2D eigenvalue weighted by Crippen LogP contribution is 2.45. The number of fused-ring (bicyclic) bond motifs is 5. The average molecular weight is 433 g/mol. The number of carbonyl (C=O) groups excluding carboxylic acids is 1. The molecule has 0 unspecified atom stereocenters. The van der Waals surface area contributed by atoms with Crippen LogP contribution in [0.15, 0.2) is 16.9 Å². The van der Waals surface area contributed by atoms with Crippen LogP contribution < -0.4 is 10.9 Å². The van der Waals surface area contributed by atoms with E-state index in [0.717, 1.165) is 46.2 Å². The van der Waals surface area contributed by atoms with E-state index < -0.39 is 5.92 Å². The van der Waals surface area contributed by atoms with Crippen LogP contribution in [0, 0.1) is 12.7 Å². The Morgan fingerprint density at radius 2 is 2.06 bits per heavy atom. The van der Waals surface area contributed by atoms with Gasteiger partial charge in [-0.25, -0.2) is 9.37 Å². The number of halogens is 1. The molecular formula is C25H24FN3O3. The molecule has 2 atom stereocenters. The summed E-state index contributed by atoms with van der Waals surface area (Å²) in [5, 5.41) is 4.43. The fourth-order valence-corrected chi connectivity index (χ4v) is 5.87. The molecular weight excluding hydrogens is 409 g/mol. The summed E-state index contributed by atoms with van der Waals surface area (Å²) in [4.78, 5) is 30.7. The number of esters is 1. The lowest BCUT2D eigenvalue weighted by molar-refractivity contribution is -0.148. The maximum atomic E-state index is 14.7. The summed E-state index contributed by atoms with van der Waals surface area (Å²) in [5.74, 6) is -0.984. The van der Waals surface area contributed by atoms with Gasteiger partial charge in [0.1, 0.15) is 12.4 Å². The summed E-state index contributed by atoms with van der Waals surface area (Å²) >= 11 is 0. The third-order valence-corrected chi connectivity index (χ3v) is 7.55. The van der Waals surface area contributed by atoms with Crippen LogP contribution >= 0.6 is 0 Å². The smallest absolute Gasteiger partial charge is 0.313 e. The fourth-order valence-electron chi connectivity index (χ4n) is 5.87. The molecule has 0 amide bonds. The predicted octanol–water partition coefficient (Wildman–Crippen LogP) is 3.63. The van der Waals surface area contributed by atoms with Gasteiger partial charge in [0.25, 0.3) is 5.56 Å². The van der Waals surface area contributed by atoms with Crippen molar-refractivity contribution in [1.29, 1.82) is 0 Å². The Balaban J connectivity index is 1.69. The third-order valence-electron chi connectivity index (χ3n) is 7.55. The van der Waals surface area contributed by atoms with E-state index in [4.69, 9.17) is 9.72 Å². The molecule has 0 spiro atoms. The number of nitrogens with zero attached hydrogens (tertiary/aromatic N) is 2. The molecule has 1 aliphatic carbocycles. The van der Waals surface area contributed by atoms with Gasteiger partial charge < -0.3 is 14.6 Å². The molecule has 0 radical (unpaired) electrons. The van der Waals surface area contributed by atoms with Crippen molar-refractivity contribution in [3.05, 3.63) is 61.7 Å². The van der Waals surface area contributed by atoms with Crippen LogP contribution in [0.1, 0.15) is 65.1 Å². The molecule has 164 valence electrons. The van der Waals surface area contributed by atoms with Gasteiger partial charge in [-0.1, -0.05) is 6.92 Å². The summed E-state index contributed by atoms with van der Waals surface area (Å²) in [6.45, 7) is 4.18. The molecule has 1 aromatic carbocycles. The minimum absolute atomic E-state index is 0.0100. The number of pyridine rings is 2. The quantitative estimate of drug-likeness (QED) is 0.489. The van der Waals surface area contributed by atoms with Crippen LogP contribution in [0.3, 0.4) is 0 Å². The Bertz CT molecular complexity index is 1410. The highest BCUT2D eigenvalue weighted by Gasteiger charge is 2.37. The van der Waals surface area contributed by atoms with Gasteiger partial charge in [-0.2, -0.15) is 0 Å². The van der Waals surface area contributed by atoms with Crippen molar-refractivity contribution >= 4 is 16.9 Å². The first-order chi connectivity index (χ1) is 15.4. The number of carbonyl (C=O) groups is 1. The van der Waals surface area contributed by atoms with Crippen molar-refractivity contribution in [3.63, 3.8) is 0 Å². The van der Waals surface area contributed by atoms with Crippen molar-refractivity contribution in [3.8, 4) is 11.4 Å². The SMILES string of the molecule is CC[C@H]1C(=O)OCc2c1cc1n(c2=O)Cc2c-1nc1cc(F)c(C)c3c1c2[C@@H](NC)CC3. The summed E-state index contributed by atoms with van der Waals surface area (Å²) in [6.07, 6.45) is 2.22. The van der Waals surface area contributed by atoms with E-state index in [0.29, 0.717) is 35.3 Å². The van der Waals surface area contributed by atoms with E-state index in [1.54, 1.807) is 4.57 Å². The molecule has 0 fully saturated rings. The Kier molecular flexibility index (Phi) is 4.12. The molecule has 2 aliphatic heterocycles. The van der Waals surface area contributed by atoms with Gasteiger partial charge in [-0.15, -0.1) is 0 Å². The molecule has 7 heteroatoms. The van der Waals surface area contributed by atoms with Crippen LogP contribution in [0.5, 0.6) is 0 Å². The number of nitrogens with one attached hydrogen (secondary N) is 1. The molecule has 1 N–H and O–H groups in total. The minimum Gasteiger partial charge on any atom is -0.460 e. The van der Waals surface area contributed by atoms with Crippen molar-refractivity contribution in [2.75, 3.05) is 7.05 Å². The molecule has 4 heterocycles. The van der Waals surface area contributed by atoms with E-state index in [9.17, 15) is 14.0 Å². The number of benzene rings is 1. The van der Waals surface area contributed by atoms with Gasteiger partial charge in [0.15, 0.2) is 0 Å². The van der Waals surface area contributed by atoms with Crippen molar-refractivity contribution in [2.24, 2.45) is 0 Å². The van der Waals surface area contributed by atoms with Gasteiger partial charge in [-0.3, -0.25) is 9.59 Å². The Hall–Kier alpha value is -3.06. The Labute approximate surface area is 184 Å². The van der Waals surface area contributed by atoms with Crippen LogP contribution in [-0.4, -0.2) is 22.6 Å². The molecule has 2 aromatic heterocycles. The number of rotatable bonds is 2. The van der Waals surface area contributed by atoms with Gasteiger partial charge >= 0.3 is 5.97 Å². The second kappa shape index (κ2) is 6.72. The lowest BCUT2D eigenvalue weighted by atomic mass is 9.82. The number of ether oxygens (including phenoxy) is 1. The first-order valence-corrected chi connectivity index (χ1v) is 11.2. The molecule has 0 saturated heterocycles. The number of aryl methyl sites for hydroxylation is 1. The molecule has 3 aromatic rings. The number of hydrogen-bond acceptors (Lipinski definition) is 5. The van der Waals surface area contributed by atoms with Crippen molar-refractivity contribution < 1.29 is 13.9 Å². The molecule has 3 aliphatic rings. The lowest BCUT2D eigenvalue weighted by Crippen LogP contribution is -2.32. The normalized spacial score (nSPS) is 20.7. The predicted molar refractivity (Wildman–Crippen MR) is 118 cm³/mol. The first-order valence-electron chi connectivity index (χ1n) is 11.2. The van der Waals surface area contributed by atoms with E-state index >= 15 is 0 Å². The van der Waals surface area contributed by atoms with Crippen LogP contribution in [0.4, 0.5) is 4.39 Å². The molecule has 6 nitrogen and oxygen atoms in total. The summed E-state index contributed by atoms with van der Waals surface area (Å²) in [6, 6.07) is 3.56. The first kappa shape index (κ1) is 19.6. The maximum Gasteiger partial charge on any atom is 0.313 e. The van der Waals surface area contributed by atoms with Crippen LogP contribution in [-0.2, 0) is 29.1 Å². The molecule has 32 heavy (non-hydrogen) atoms. The number of hydrogen-bond donors (Lipinski definition) is 1. The third kappa shape index (κ3) is 2.40. The Morgan fingerprint density at radius 3 is 2.81 bits per heavy atom. The summed E-state index contributed by atoms with van der Waals surface area (Å²) in [7, 11) is 1.94. The number of cyclic esters (lactones) is 1. The second-order valence-electron chi connectivity index (χ2n) is 9.01. The maximum absolute atomic E-state index is 14.7. The van der Waals surface area contributed by atoms with E-state index in [-0.39, 0.29) is 30.0 Å². The van der Waals surface area contributed by atoms with Crippen LogP contribution in [0.25, 0.3) is 22.3 Å². The monoisotopic (exact) mass is 433 g/mol. The highest BCUT2D eigenvalue weighted by atomic mass is 19.1. The summed E-state index contributed by atoms with van der Waals surface area (Å²) < 4.78 is 21.8. The zero-order valence-electron chi connectivity index (χ0n) is 18.3. The topological polar surface area (TPSA) is 73.2 Å². The largest absolute Gasteiger partial charge is 0.460 e. The standard InChI is InChI=1S/C25H24FN3O3/c1-4-12-14-7-20-23-15(9-29(20)24(30)16(14)10-32-25(12)31)22-18(27-3)6-5-13-11(2)17(26)8-19(28-23)21(13)22/h7-8,12,18,27H,4-6,9-10H2,1-3H3/t12-,18+/m1/s1. The molecule has 6 rings (SSSR count). The van der Waals surface area contributed by atoms with Crippen LogP contribution in [0.2, 0.25) is 0 Å². The summed E-state index contributed by atoms with van der Waals surface area (Å²) in [5.41, 5.74) is 7.06.